The molecule has 9 heteroatoms. The molecule has 0 fully saturated rings. The van der Waals surface area contributed by atoms with E-state index in [-0.39, 0.29) is 15.8 Å². The number of benzene rings is 1. The van der Waals surface area contributed by atoms with Gasteiger partial charge in [-0.15, -0.1) is 0 Å². The summed E-state index contributed by atoms with van der Waals surface area (Å²) in [5.41, 5.74) is 1.15. The number of halogens is 1. The lowest BCUT2D eigenvalue weighted by Crippen LogP contribution is -2.30. The van der Waals surface area contributed by atoms with E-state index in [0.717, 1.165) is 0 Å². The minimum atomic E-state index is -3.75. The lowest BCUT2D eigenvalue weighted by molar-refractivity contribution is 0.102. The first-order chi connectivity index (χ1) is 12.6. The van der Waals surface area contributed by atoms with E-state index < -0.39 is 15.9 Å². The Bertz CT molecular complexity index is 934. The van der Waals surface area contributed by atoms with Crippen LogP contribution in [0.25, 0.3) is 0 Å². The van der Waals surface area contributed by atoms with E-state index in [1.807, 2.05) is 13.8 Å². The molecule has 0 aliphatic heterocycles. The van der Waals surface area contributed by atoms with Crippen LogP contribution < -0.4 is 5.32 Å². The minimum Gasteiger partial charge on any atom is -0.360 e. The van der Waals surface area contributed by atoms with Crippen molar-refractivity contribution < 1.29 is 17.7 Å². The first kappa shape index (κ1) is 21.4. The maximum Gasteiger partial charge on any atom is 0.261 e. The number of carbonyl (C=O) groups is 1. The van der Waals surface area contributed by atoms with Crippen LogP contribution in [0.2, 0.25) is 5.02 Å². The standard InChI is InChI=1S/C18H24ClN3O4S/c1-6-22(7-2)27(24,25)15-10-13(8-9-14(15)19)20-18(23)16-12(5)21-26-17(16)11(3)4/h8-11H,6-7H2,1-5H3,(H,20,23). The van der Waals surface area contributed by atoms with E-state index in [4.69, 9.17) is 16.1 Å². The van der Waals surface area contributed by atoms with Gasteiger partial charge < -0.3 is 9.84 Å². The lowest BCUT2D eigenvalue weighted by Gasteiger charge is -2.19. The van der Waals surface area contributed by atoms with Crippen LogP contribution >= 0.6 is 11.6 Å². The fourth-order valence-electron chi connectivity index (χ4n) is 2.73. The lowest BCUT2D eigenvalue weighted by atomic mass is 10.0. The van der Waals surface area contributed by atoms with Gasteiger partial charge in [-0.3, -0.25) is 4.79 Å². The van der Waals surface area contributed by atoms with Crippen molar-refractivity contribution in [3.05, 3.63) is 40.2 Å². The molecule has 0 atom stereocenters. The molecule has 0 saturated carbocycles. The Morgan fingerprint density at radius 1 is 1.30 bits per heavy atom. The first-order valence-corrected chi connectivity index (χ1v) is 10.5. The van der Waals surface area contributed by atoms with Gasteiger partial charge in [-0.1, -0.05) is 44.5 Å². The van der Waals surface area contributed by atoms with Crippen molar-refractivity contribution in [2.75, 3.05) is 18.4 Å². The second-order valence-electron chi connectivity index (χ2n) is 6.35. The van der Waals surface area contributed by atoms with E-state index in [1.54, 1.807) is 26.8 Å². The average Bonchev–Trinajstić information content (AvgIpc) is 2.99. The van der Waals surface area contributed by atoms with Crippen LogP contribution in [-0.2, 0) is 10.0 Å². The Morgan fingerprint density at radius 3 is 2.48 bits per heavy atom. The molecule has 0 radical (unpaired) electrons. The number of amides is 1. The summed E-state index contributed by atoms with van der Waals surface area (Å²) < 4.78 is 32.1. The second-order valence-corrected chi connectivity index (χ2v) is 8.66. The minimum absolute atomic E-state index is 0.0178. The van der Waals surface area contributed by atoms with Gasteiger partial charge in [0.25, 0.3) is 5.91 Å². The number of hydrogen-bond acceptors (Lipinski definition) is 5. The monoisotopic (exact) mass is 413 g/mol. The van der Waals surface area contributed by atoms with E-state index >= 15 is 0 Å². The summed E-state index contributed by atoms with van der Waals surface area (Å²) in [5, 5.41) is 6.67. The maximum absolute atomic E-state index is 12.8. The summed E-state index contributed by atoms with van der Waals surface area (Å²) in [7, 11) is -3.75. The van der Waals surface area contributed by atoms with Crippen LogP contribution in [0.5, 0.6) is 0 Å². The molecule has 1 N–H and O–H groups in total. The largest absolute Gasteiger partial charge is 0.360 e. The van der Waals surface area contributed by atoms with E-state index in [0.29, 0.717) is 35.8 Å². The van der Waals surface area contributed by atoms with Crippen LogP contribution in [0.1, 0.15) is 55.4 Å². The van der Waals surface area contributed by atoms with Crippen molar-refractivity contribution in [3.8, 4) is 0 Å². The number of nitrogens with zero attached hydrogens (tertiary/aromatic N) is 2. The Kier molecular flexibility index (Phi) is 6.67. The van der Waals surface area contributed by atoms with E-state index in [9.17, 15) is 13.2 Å². The van der Waals surface area contributed by atoms with Gasteiger partial charge in [0, 0.05) is 24.7 Å². The third-order valence-corrected chi connectivity index (χ3v) is 6.68. The van der Waals surface area contributed by atoms with Crippen LogP contribution in [0.15, 0.2) is 27.6 Å². The molecule has 1 amide bonds. The number of rotatable bonds is 7. The summed E-state index contributed by atoms with van der Waals surface area (Å²) in [4.78, 5) is 12.7. The highest BCUT2D eigenvalue weighted by atomic mass is 35.5. The molecule has 0 spiro atoms. The van der Waals surface area contributed by atoms with Crippen molar-refractivity contribution in [2.24, 2.45) is 0 Å². The highest BCUT2D eigenvalue weighted by molar-refractivity contribution is 7.89. The summed E-state index contributed by atoms with van der Waals surface area (Å²) in [6.45, 7) is 9.63. The highest BCUT2D eigenvalue weighted by Crippen LogP contribution is 2.29. The fraction of sp³-hybridized carbons (Fsp3) is 0.444. The van der Waals surface area contributed by atoms with Gasteiger partial charge in [0.15, 0.2) is 5.76 Å². The van der Waals surface area contributed by atoms with Crippen LogP contribution in [0.4, 0.5) is 5.69 Å². The van der Waals surface area contributed by atoms with E-state index in [1.165, 1.54) is 16.4 Å². The molecule has 7 nitrogen and oxygen atoms in total. The van der Waals surface area contributed by atoms with Crippen molar-refractivity contribution in [3.63, 3.8) is 0 Å². The summed E-state index contributed by atoms with van der Waals surface area (Å²) in [5.74, 6) is 0.0525. The van der Waals surface area contributed by atoms with Crippen molar-refractivity contribution >= 4 is 33.2 Å². The van der Waals surface area contributed by atoms with Gasteiger partial charge in [-0.25, -0.2) is 8.42 Å². The quantitative estimate of drug-likeness (QED) is 0.739. The molecule has 1 aromatic carbocycles. The molecule has 0 aliphatic carbocycles. The van der Waals surface area contributed by atoms with Gasteiger partial charge >= 0.3 is 0 Å². The molecule has 2 rings (SSSR count). The SMILES string of the molecule is CCN(CC)S(=O)(=O)c1cc(NC(=O)c2c(C)noc2C(C)C)ccc1Cl. The van der Waals surface area contributed by atoms with Crippen LogP contribution in [-0.4, -0.2) is 36.9 Å². The Balaban J connectivity index is 2.40. The van der Waals surface area contributed by atoms with Gasteiger partial charge in [0.05, 0.1) is 10.7 Å². The predicted molar refractivity (Wildman–Crippen MR) is 105 cm³/mol. The first-order valence-electron chi connectivity index (χ1n) is 8.70. The molecule has 0 aliphatic rings. The van der Waals surface area contributed by atoms with Gasteiger partial charge in [-0.2, -0.15) is 4.31 Å². The Morgan fingerprint density at radius 2 is 1.93 bits per heavy atom. The third kappa shape index (κ3) is 4.34. The fourth-order valence-corrected chi connectivity index (χ4v) is 4.69. The number of nitrogens with one attached hydrogen (secondary N) is 1. The van der Waals surface area contributed by atoms with Gasteiger partial charge in [-0.05, 0) is 25.1 Å². The second kappa shape index (κ2) is 8.41. The number of hydrogen-bond donors (Lipinski definition) is 1. The highest BCUT2D eigenvalue weighted by Gasteiger charge is 2.26. The molecule has 2 aromatic rings. The smallest absolute Gasteiger partial charge is 0.261 e. The zero-order chi connectivity index (χ0) is 20.4. The molecule has 27 heavy (non-hydrogen) atoms. The summed E-state index contributed by atoms with van der Waals surface area (Å²) >= 11 is 6.12. The molecule has 0 bridgehead atoms. The Hall–Kier alpha value is -1.90. The zero-order valence-corrected chi connectivity index (χ0v) is 17.6. The third-order valence-electron chi connectivity index (χ3n) is 4.15. The summed E-state index contributed by atoms with van der Waals surface area (Å²) in [6.07, 6.45) is 0. The van der Waals surface area contributed by atoms with E-state index in [2.05, 4.69) is 10.5 Å². The predicted octanol–water partition coefficient (Wildman–Crippen LogP) is 4.04. The van der Waals surface area contributed by atoms with Crippen LogP contribution in [0, 0.1) is 6.92 Å². The van der Waals surface area contributed by atoms with Crippen molar-refractivity contribution in [2.45, 2.75) is 45.4 Å². The molecule has 1 aromatic heterocycles. The van der Waals surface area contributed by atoms with Crippen molar-refractivity contribution in [1.29, 1.82) is 0 Å². The topological polar surface area (TPSA) is 92.5 Å². The molecule has 0 unspecified atom stereocenters. The zero-order valence-electron chi connectivity index (χ0n) is 16.0. The number of anilines is 1. The number of aryl methyl sites for hydroxylation is 1. The maximum atomic E-state index is 12.8. The molecule has 148 valence electrons. The normalized spacial score (nSPS) is 12.0. The molecular weight excluding hydrogens is 390 g/mol. The van der Waals surface area contributed by atoms with Gasteiger partial charge in [0.2, 0.25) is 10.0 Å². The Labute approximate surface area is 164 Å². The molecular formula is C18H24ClN3O4S. The van der Waals surface area contributed by atoms with Gasteiger partial charge in [0.1, 0.15) is 10.5 Å². The van der Waals surface area contributed by atoms with Crippen LogP contribution in [0.3, 0.4) is 0 Å². The number of aromatic nitrogens is 1. The molecule has 0 saturated heterocycles. The molecule has 1 heterocycles. The average molecular weight is 414 g/mol. The summed E-state index contributed by atoms with van der Waals surface area (Å²) in [6, 6.07) is 4.38. The number of carbonyl (C=O) groups excluding carboxylic acids is 1. The van der Waals surface area contributed by atoms with Crippen molar-refractivity contribution in [1.82, 2.24) is 9.46 Å². The number of sulfonamides is 1.